The molecule has 2 atom stereocenters. The lowest BCUT2D eigenvalue weighted by Gasteiger charge is -2.24. The van der Waals surface area contributed by atoms with Gasteiger partial charge in [0.05, 0.1) is 19.5 Å². The molecular weight excluding hydrogens is 285 g/mol. The molecule has 3 nitrogen and oxygen atoms in total. The fourth-order valence-corrected chi connectivity index (χ4v) is 3.31. The molecule has 0 aromatic heterocycles. The quantitative estimate of drug-likeness (QED) is 0.607. The van der Waals surface area contributed by atoms with Gasteiger partial charge in [-0.2, -0.15) is 0 Å². The van der Waals surface area contributed by atoms with Crippen LogP contribution in [0.4, 0.5) is 5.69 Å². The normalized spacial score (nSPS) is 20.4. The lowest BCUT2D eigenvalue weighted by atomic mass is 9.66. The highest BCUT2D eigenvalue weighted by molar-refractivity contribution is 6.21. The maximum absolute atomic E-state index is 12.5. The first-order valence-electron chi connectivity index (χ1n) is 8.36. The second-order valence-corrected chi connectivity index (χ2v) is 7.81. The van der Waals surface area contributed by atoms with Gasteiger partial charge >= 0.3 is 0 Å². The predicted octanol–water partition coefficient (Wildman–Crippen LogP) is 4.08. The van der Waals surface area contributed by atoms with Crippen LogP contribution in [0.25, 0.3) is 0 Å². The molecule has 0 spiro atoms. The number of benzene rings is 1. The van der Waals surface area contributed by atoms with E-state index in [2.05, 4.69) is 6.92 Å². The molecule has 1 aromatic carbocycles. The van der Waals surface area contributed by atoms with Gasteiger partial charge in [0.25, 0.3) is 0 Å². The molecule has 0 saturated carbocycles. The van der Waals surface area contributed by atoms with Crippen molar-refractivity contribution in [2.75, 3.05) is 4.90 Å². The number of imide groups is 1. The summed E-state index contributed by atoms with van der Waals surface area (Å²) in [6.07, 6.45) is 1.19. The Morgan fingerprint density at radius 1 is 1.17 bits per heavy atom. The van der Waals surface area contributed by atoms with E-state index in [1.807, 2.05) is 52.0 Å². The van der Waals surface area contributed by atoms with Crippen LogP contribution in [-0.2, 0) is 9.59 Å². The molecule has 1 saturated heterocycles. The summed E-state index contributed by atoms with van der Waals surface area (Å²) in [5.41, 5.74) is 1.85. The molecule has 1 fully saturated rings. The van der Waals surface area contributed by atoms with Crippen molar-refractivity contribution < 1.29 is 9.59 Å². The summed E-state index contributed by atoms with van der Waals surface area (Å²) in [7, 11) is 6.09. The third kappa shape index (κ3) is 4.04. The summed E-state index contributed by atoms with van der Waals surface area (Å²) in [4.78, 5) is 26.0. The van der Waals surface area contributed by atoms with Gasteiger partial charge in [0.2, 0.25) is 11.8 Å². The molecule has 23 heavy (non-hydrogen) atoms. The Hall–Kier alpha value is -1.58. The lowest BCUT2D eigenvalue weighted by molar-refractivity contribution is -0.122. The van der Waals surface area contributed by atoms with E-state index in [0.29, 0.717) is 18.0 Å². The average Bonchev–Trinajstić information content (AvgIpc) is 2.72. The number of carbonyl (C=O) groups is 2. The van der Waals surface area contributed by atoms with Gasteiger partial charge in [-0.3, -0.25) is 14.5 Å². The molecule has 1 aliphatic rings. The van der Waals surface area contributed by atoms with Gasteiger partial charge in [-0.15, -0.1) is 0 Å². The molecule has 1 heterocycles. The van der Waals surface area contributed by atoms with E-state index in [4.69, 9.17) is 7.85 Å². The minimum atomic E-state index is -0.219. The second-order valence-electron chi connectivity index (χ2n) is 7.81. The highest BCUT2D eigenvalue weighted by Crippen LogP contribution is 2.35. The third-order valence-electron chi connectivity index (χ3n) is 4.54. The third-order valence-corrected chi connectivity index (χ3v) is 4.54. The molecule has 1 aliphatic heterocycles. The number of nitrogens with zero attached hydrogens (tertiary/aromatic N) is 1. The molecule has 2 radical (unpaired) electrons. The van der Waals surface area contributed by atoms with E-state index < -0.39 is 0 Å². The first-order chi connectivity index (χ1) is 10.6. The zero-order chi connectivity index (χ0) is 17.4. The molecular formula is C19H26BNO2. The molecule has 2 amide bonds. The summed E-state index contributed by atoms with van der Waals surface area (Å²) < 4.78 is 0. The van der Waals surface area contributed by atoms with E-state index in [1.165, 1.54) is 10.5 Å². The zero-order valence-electron chi connectivity index (χ0n) is 14.8. The highest BCUT2D eigenvalue weighted by atomic mass is 16.2. The number of hydrogen-bond donors (Lipinski definition) is 0. The van der Waals surface area contributed by atoms with E-state index in [-0.39, 0.29) is 29.0 Å². The fourth-order valence-electron chi connectivity index (χ4n) is 3.31. The van der Waals surface area contributed by atoms with Crippen LogP contribution in [-0.4, -0.2) is 19.7 Å². The van der Waals surface area contributed by atoms with Crippen LogP contribution >= 0.6 is 0 Å². The second kappa shape index (κ2) is 6.50. The van der Waals surface area contributed by atoms with Gasteiger partial charge in [0.15, 0.2) is 0 Å². The summed E-state index contributed by atoms with van der Waals surface area (Å²) in [5, 5.41) is -0.219. The van der Waals surface area contributed by atoms with Crippen LogP contribution in [0.15, 0.2) is 24.3 Å². The SMILES string of the molecule is [B]C(C)(C)CC(C)c1ccc(N2C(=O)CC(C(C)C)C2=O)cc1. The number of rotatable bonds is 5. The molecule has 1 aromatic rings. The van der Waals surface area contributed by atoms with Crippen molar-refractivity contribution in [3.05, 3.63) is 29.8 Å². The molecule has 0 N–H and O–H groups in total. The molecule has 2 rings (SSSR count). The van der Waals surface area contributed by atoms with Crippen LogP contribution in [0, 0.1) is 11.8 Å². The maximum Gasteiger partial charge on any atom is 0.237 e. The Bertz CT molecular complexity index is 586. The largest absolute Gasteiger partial charge is 0.274 e. The lowest BCUT2D eigenvalue weighted by Crippen LogP contribution is -2.31. The van der Waals surface area contributed by atoms with Crippen LogP contribution in [0.1, 0.15) is 58.9 Å². The smallest absolute Gasteiger partial charge is 0.237 e. The maximum atomic E-state index is 12.5. The van der Waals surface area contributed by atoms with Crippen molar-refractivity contribution in [1.82, 2.24) is 0 Å². The minimum absolute atomic E-state index is 0.0751. The van der Waals surface area contributed by atoms with Gasteiger partial charge in [-0.25, -0.2) is 0 Å². The topological polar surface area (TPSA) is 37.4 Å². The number of amides is 2. The van der Waals surface area contributed by atoms with E-state index in [9.17, 15) is 9.59 Å². The number of anilines is 1. The van der Waals surface area contributed by atoms with Crippen molar-refractivity contribution in [3.63, 3.8) is 0 Å². The van der Waals surface area contributed by atoms with Crippen LogP contribution < -0.4 is 4.90 Å². The van der Waals surface area contributed by atoms with Crippen molar-refractivity contribution in [2.24, 2.45) is 11.8 Å². The molecule has 2 unspecified atom stereocenters. The van der Waals surface area contributed by atoms with Crippen LogP contribution in [0.5, 0.6) is 0 Å². The Kier molecular flexibility index (Phi) is 5.03. The molecule has 122 valence electrons. The Morgan fingerprint density at radius 2 is 1.74 bits per heavy atom. The van der Waals surface area contributed by atoms with Gasteiger partial charge in [-0.05, 0) is 36.0 Å². The van der Waals surface area contributed by atoms with Gasteiger partial charge in [-0.1, -0.05) is 52.1 Å². The van der Waals surface area contributed by atoms with Crippen molar-refractivity contribution in [2.45, 2.75) is 58.7 Å². The summed E-state index contributed by atoms with van der Waals surface area (Å²) in [6.45, 7) is 10.2. The van der Waals surface area contributed by atoms with Crippen LogP contribution in [0.2, 0.25) is 5.31 Å². The Balaban J connectivity index is 2.17. The van der Waals surface area contributed by atoms with Gasteiger partial charge < -0.3 is 0 Å². The standard InChI is InChI=1S/C19H26BNO2/c1-12(2)16-10-17(22)21(18(16)23)15-8-6-14(7-9-15)13(3)11-19(4,5)20/h6-9,12-13,16H,10-11H2,1-5H3. The first-order valence-corrected chi connectivity index (χ1v) is 8.36. The van der Waals surface area contributed by atoms with Crippen LogP contribution in [0.3, 0.4) is 0 Å². The predicted molar refractivity (Wildman–Crippen MR) is 94.7 cm³/mol. The number of carbonyl (C=O) groups excluding carboxylic acids is 2. The highest BCUT2D eigenvalue weighted by Gasteiger charge is 2.40. The first kappa shape index (κ1) is 17.8. The van der Waals surface area contributed by atoms with E-state index >= 15 is 0 Å². The van der Waals surface area contributed by atoms with Crippen molar-refractivity contribution in [1.29, 1.82) is 0 Å². The van der Waals surface area contributed by atoms with E-state index in [1.54, 1.807) is 0 Å². The summed E-state index contributed by atoms with van der Waals surface area (Å²) in [6, 6.07) is 7.73. The molecule has 0 aliphatic carbocycles. The van der Waals surface area contributed by atoms with Crippen molar-refractivity contribution >= 4 is 25.3 Å². The molecule has 0 bridgehead atoms. The summed E-state index contributed by atoms with van der Waals surface area (Å²) >= 11 is 0. The Labute approximate surface area is 140 Å². The summed E-state index contributed by atoms with van der Waals surface area (Å²) in [5.74, 6) is 0.144. The monoisotopic (exact) mass is 311 g/mol. The van der Waals surface area contributed by atoms with Crippen molar-refractivity contribution in [3.8, 4) is 0 Å². The number of hydrogen-bond acceptors (Lipinski definition) is 2. The van der Waals surface area contributed by atoms with Gasteiger partial charge in [0.1, 0.15) is 0 Å². The van der Waals surface area contributed by atoms with Gasteiger partial charge in [0, 0.05) is 6.42 Å². The zero-order valence-corrected chi connectivity index (χ0v) is 14.8. The molecule has 4 heteroatoms. The minimum Gasteiger partial charge on any atom is -0.274 e. The van der Waals surface area contributed by atoms with E-state index in [0.717, 1.165) is 6.42 Å². The average molecular weight is 311 g/mol. The fraction of sp³-hybridized carbons (Fsp3) is 0.579. The Morgan fingerprint density at radius 3 is 2.17 bits per heavy atom.